The van der Waals surface area contributed by atoms with Crippen molar-refractivity contribution in [2.75, 3.05) is 12.3 Å². The molecule has 2 amide bonds. The van der Waals surface area contributed by atoms with Crippen LogP contribution in [-0.4, -0.2) is 38.6 Å². The minimum Gasteiger partial charge on any atom is -0.369 e. The number of thiophene rings is 1. The zero-order valence-electron chi connectivity index (χ0n) is 16.4. The predicted molar refractivity (Wildman–Crippen MR) is 120 cm³/mol. The van der Waals surface area contributed by atoms with Gasteiger partial charge in [-0.25, -0.2) is 4.98 Å². The van der Waals surface area contributed by atoms with Gasteiger partial charge in [0, 0.05) is 23.4 Å². The summed E-state index contributed by atoms with van der Waals surface area (Å²) in [5.74, 6) is -0.485. The van der Waals surface area contributed by atoms with E-state index in [1.165, 1.54) is 15.9 Å². The number of halogens is 1. The number of nitrogens with zero attached hydrogens (tertiary/aromatic N) is 3. The molecule has 0 spiro atoms. The van der Waals surface area contributed by atoms with E-state index in [-0.39, 0.29) is 17.2 Å². The molecule has 4 rings (SSSR count). The van der Waals surface area contributed by atoms with Crippen molar-refractivity contribution in [2.45, 2.75) is 32.0 Å². The normalized spacial score (nSPS) is 13.5. The molecule has 0 saturated heterocycles. The molecule has 1 aromatic carbocycles. The van der Waals surface area contributed by atoms with Gasteiger partial charge in [-0.15, -0.1) is 11.3 Å². The summed E-state index contributed by atoms with van der Waals surface area (Å²) in [6, 6.07) is 5.36. The van der Waals surface area contributed by atoms with Crippen molar-refractivity contribution in [1.82, 2.24) is 14.5 Å². The number of aromatic nitrogens is 2. The first-order valence-corrected chi connectivity index (χ1v) is 11.4. The third-order valence-corrected chi connectivity index (χ3v) is 7.52. The van der Waals surface area contributed by atoms with Gasteiger partial charge in [0.1, 0.15) is 4.83 Å². The van der Waals surface area contributed by atoms with Gasteiger partial charge in [0.2, 0.25) is 11.8 Å². The Labute approximate surface area is 185 Å². The van der Waals surface area contributed by atoms with Gasteiger partial charge in [-0.3, -0.25) is 19.0 Å². The van der Waals surface area contributed by atoms with Crippen LogP contribution in [0.1, 0.15) is 22.9 Å². The molecule has 2 aromatic heterocycles. The van der Waals surface area contributed by atoms with Gasteiger partial charge in [0.25, 0.3) is 5.56 Å². The SMILES string of the molecule is CC(=O)N1CCc2c(sc3nc(SCC(N)=O)n(-c4ccc(C)c(Cl)c4)c(=O)c23)C1. The molecule has 7 nitrogen and oxygen atoms in total. The molecule has 156 valence electrons. The first-order chi connectivity index (χ1) is 14.3. The van der Waals surface area contributed by atoms with Crippen molar-refractivity contribution in [3.63, 3.8) is 0 Å². The lowest BCUT2D eigenvalue weighted by Crippen LogP contribution is -2.34. The Kier molecular flexibility index (Phi) is 5.61. The van der Waals surface area contributed by atoms with Crippen LogP contribution in [0.3, 0.4) is 0 Å². The van der Waals surface area contributed by atoms with E-state index in [0.29, 0.717) is 45.6 Å². The van der Waals surface area contributed by atoms with Crippen molar-refractivity contribution >= 4 is 56.7 Å². The fourth-order valence-corrected chi connectivity index (χ4v) is 5.68. The minimum absolute atomic E-state index is 0.000738. The summed E-state index contributed by atoms with van der Waals surface area (Å²) in [5.41, 5.74) is 7.53. The van der Waals surface area contributed by atoms with Crippen LogP contribution in [0.15, 0.2) is 28.2 Å². The highest BCUT2D eigenvalue weighted by Gasteiger charge is 2.26. The van der Waals surface area contributed by atoms with Crippen LogP contribution < -0.4 is 11.3 Å². The Morgan fingerprint density at radius 3 is 2.80 bits per heavy atom. The van der Waals surface area contributed by atoms with Gasteiger partial charge < -0.3 is 10.6 Å². The van der Waals surface area contributed by atoms with Crippen LogP contribution in [0.2, 0.25) is 5.02 Å². The third kappa shape index (κ3) is 3.73. The number of thioether (sulfide) groups is 1. The molecule has 0 radical (unpaired) electrons. The van der Waals surface area contributed by atoms with E-state index in [1.807, 2.05) is 13.0 Å². The van der Waals surface area contributed by atoms with Crippen molar-refractivity contribution in [3.05, 3.63) is 49.6 Å². The average molecular weight is 463 g/mol. The van der Waals surface area contributed by atoms with Crippen LogP contribution >= 0.6 is 34.7 Å². The number of carbonyl (C=O) groups is 2. The first-order valence-electron chi connectivity index (χ1n) is 9.26. The number of aryl methyl sites for hydroxylation is 1. The minimum atomic E-state index is -0.495. The molecule has 0 fully saturated rings. The molecule has 0 bridgehead atoms. The molecular formula is C20H19ClN4O3S2. The Bertz CT molecular complexity index is 1250. The first kappa shape index (κ1) is 20.9. The summed E-state index contributed by atoms with van der Waals surface area (Å²) in [6.45, 7) is 4.48. The van der Waals surface area contributed by atoms with Crippen LogP contribution in [0.5, 0.6) is 0 Å². The fraction of sp³-hybridized carbons (Fsp3) is 0.300. The number of amides is 2. The van der Waals surface area contributed by atoms with Crippen molar-refractivity contribution in [3.8, 4) is 5.69 Å². The Balaban J connectivity index is 1.94. The maximum absolute atomic E-state index is 13.6. The number of fused-ring (bicyclic) bond motifs is 3. The molecular weight excluding hydrogens is 444 g/mol. The molecule has 0 unspecified atom stereocenters. The van der Waals surface area contributed by atoms with E-state index in [2.05, 4.69) is 0 Å². The van der Waals surface area contributed by atoms with Crippen LogP contribution in [-0.2, 0) is 22.6 Å². The zero-order chi connectivity index (χ0) is 21.6. The summed E-state index contributed by atoms with van der Waals surface area (Å²) in [7, 11) is 0. The van der Waals surface area contributed by atoms with Crippen LogP contribution in [0.4, 0.5) is 0 Å². The Hall–Kier alpha value is -2.36. The fourth-order valence-electron chi connectivity index (χ4n) is 3.47. The number of nitrogens with two attached hydrogens (primary N) is 1. The van der Waals surface area contributed by atoms with Crippen molar-refractivity contribution < 1.29 is 9.59 Å². The molecule has 30 heavy (non-hydrogen) atoms. The third-order valence-electron chi connectivity index (χ3n) is 5.05. The van der Waals surface area contributed by atoms with E-state index in [9.17, 15) is 14.4 Å². The number of hydrogen-bond donors (Lipinski definition) is 1. The van der Waals surface area contributed by atoms with Gasteiger partial charge in [0.05, 0.1) is 23.4 Å². The van der Waals surface area contributed by atoms with Crippen molar-refractivity contribution in [1.29, 1.82) is 0 Å². The summed E-state index contributed by atoms with van der Waals surface area (Å²) in [4.78, 5) is 44.8. The summed E-state index contributed by atoms with van der Waals surface area (Å²) in [5, 5.41) is 1.49. The smallest absolute Gasteiger partial charge is 0.267 e. The standard InChI is InChI=1S/C20H19ClN4O3S2/c1-10-3-4-12(7-14(10)21)25-19(28)17-13-5-6-24(11(2)26)8-15(13)30-18(17)23-20(25)29-9-16(22)27/h3-4,7H,5-6,8-9H2,1-2H3,(H2,22,27). The maximum Gasteiger partial charge on any atom is 0.267 e. The van der Waals surface area contributed by atoms with E-state index in [1.54, 1.807) is 24.0 Å². The Morgan fingerprint density at radius 1 is 1.37 bits per heavy atom. The molecule has 0 aliphatic carbocycles. The van der Waals surface area contributed by atoms with E-state index < -0.39 is 5.91 Å². The van der Waals surface area contributed by atoms with Crippen LogP contribution in [0.25, 0.3) is 15.9 Å². The molecule has 0 atom stereocenters. The largest absolute Gasteiger partial charge is 0.369 e. The lowest BCUT2D eigenvalue weighted by molar-refractivity contribution is -0.129. The van der Waals surface area contributed by atoms with E-state index >= 15 is 0 Å². The number of primary amides is 1. The molecule has 2 N–H and O–H groups in total. The van der Waals surface area contributed by atoms with E-state index in [0.717, 1.165) is 27.8 Å². The Morgan fingerprint density at radius 2 is 2.13 bits per heavy atom. The highest BCUT2D eigenvalue weighted by Crippen LogP contribution is 2.34. The monoisotopic (exact) mass is 462 g/mol. The predicted octanol–water partition coefficient (Wildman–Crippen LogP) is 2.89. The number of hydrogen-bond acceptors (Lipinski definition) is 6. The van der Waals surface area contributed by atoms with Gasteiger partial charge in [-0.05, 0) is 36.6 Å². The quantitative estimate of drug-likeness (QED) is 0.474. The van der Waals surface area contributed by atoms with Gasteiger partial charge in [0.15, 0.2) is 5.16 Å². The second-order valence-corrected chi connectivity index (χ2v) is 9.53. The second kappa shape index (κ2) is 8.05. The number of benzene rings is 1. The lowest BCUT2D eigenvalue weighted by atomic mass is 10.1. The lowest BCUT2D eigenvalue weighted by Gasteiger charge is -2.25. The van der Waals surface area contributed by atoms with Gasteiger partial charge in [-0.2, -0.15) is 0 Å². The van der Waals surface area contributed by atoms with E-state index in [4.69, 9.17) is 22.3 Å². The number of rotatable bonds is 4. The topological polar surface area (TPSA) is 98.3 Å². The second-order valence-electron chi connectivity index (χ2n) is 7.10. The summed E-state index contributed by atoms with van der Waals surface area (Å²) in [6.07, 6.45) is 0.605. The molecule has 10 heteroatoms. The highest BCUT2D eigenvalue weighted by molar-refractivity contribution is 7.99. The summed E-state index contributed by atoms with van der Waals surface area (Å²) < 4.78 is 1.49. The van der Waals surface area contributed by atoms with Crippen molar-refractivity contribution in [2.24, 2.45) is 5.73 Å². The maximum atomic E-state index is 13.6. The molecule has 0 saturated carbocycles. The van der Waals surface area contributed by atoms with Crippen LogP contribution in [0, 0.1) is 6.92 Å². The molecule has 3 heterocycles. The average Bonchev–Trinajstić information content (AvgIpc) is 3.06. The highest BCUT2D eigenvalue weighted by atomic mass is 35.5. The summed E-state index contributed by atoms with van der Waals surface area (Å²) >= 11 is 8.84. The molecule has 1 aliphatic heterocycles. The zero-order valence-corrected chi connectivity index (χ0v) is 18.8. The van der Waals surface area contributed by atoms with Gasteiger partial charge in [-0.1, -0.05) is 29.4 Å². The molecule has 1 aliphatic rings. The molecule has 3 aromatic rings. The number of carbonyl (C=O) groups excluding carboxylic acids is 2. The van der Waals surface area contributed by atoms with Gasteiger partial charge >= 0.3 is 0 Å².